The van der Waals surface area contributed by atoms with E-state index in [0.717, 1.165) is 11.1 Å². The van der Waals surface area contributed by atoms with Crippen LogP contribution in [0.15, 0.2) is 48.5 Å². The first-order valence-electron chi connectivity index (χ1n) is 9.46. The Morgan fingerprint density at radius 3 is 1.63 bits per heavy atom. The summed E-state index contributed by atoms with van der Waals surface area (Å²) in [4.78, 5) is 0. The maximum atomic E-state index is 13.0. The van der Waals surface area contributed by atoms with Crippen LogP contribution in [0.2, 0.25) is 0 Å². The summed E-state index contributed by atoms with van der Waals surface area (Å²) in [6.07, 6.45) is -5.59. The van der Waals surface area contributed by atoms with Gasteiger partial charge in [-0.15, -0.1) is 0 Å². The fraction of sp³-hybridized carbons (Fsp3) is 0.455. The van der Waals surface area contributed by atoms with Gasteiger partial charge >= 0.3 is 12.1 Å². The van der Waals surface area contributed by atoms with Crippen molar-refractivity contribution in [2.45, 2.75) is 50.8 Å². The molecule has 8 heteroatoms. The third-order valence-corrected chi connectivity index (χ3v) is 4.90. The molecule has 0 aliphatic rings. The van der Waals surface area contributed by atoms with Gasteiger partial charge in [0.25, 0.3) is 0 Å². The van der Waals surface area contributed by atoms with E-state index in [1.165, 1.54) is 12.1 Å². The molecule has 0 radical (unpaired) electrons. The van der Waals surface area contributed by atoms with Crippen LogP contribution in [-0.4, -0.2) is 36.5 Å². The number of benzene rings is 2. The van der Waals surface area contributed by atoms with Gasteiger partial charge in [0, 0.05) is 5.41 Å². The molecule has 0 saturated carbocycles. The van der Waals surface area contributed by atoms with E-state index in [0.29, 0.717) is 12.2 Å². The van der Waals surface area contributed by atoms with Gasteiger partial charge in [-0.05, 0) is 41.8 Å². The lowest BCUT2D eigenvalue weighted by Crippen LogP contribution is -2.41. The first kappa shape index (κ1) is 23.9. The zero-order valence-corrected chi connectivity index (χ0v) is 17.0. The minimum Gasteiger partial charge on any atom is -0.491 e. The number of hydrogen-bond donors (Lipinski definition) is 1. The number of alkyl halides is 5. The monoisotopic (exact) mass is 432 g/mol. The van der Waals surface area contributed by atoms with E-state index in [2.05, 4.69) is 4.74 Å². The molecule has 0 aliphatic heterocycles. The molecule has 0 spiro atoms. The Bertz CT molecular complexity index is 799. The van der Waals surface area contributed by atoms with Gasteiger partial charge in [0.1, 0.15) is 18.1 Å². The van der Waals surface area contributed by atoms with E-state index >= 15 is 0 Å². The highest BCUT2D eigenvalue weighted by Gasteiger charge is 2.58. The molecule has 0 aromatic heterocycles. The lowest BCUT2D eigenvalue weighted by Gasteiger charge is -2.27. The average molecular weight is 432 g/mol. The first-order chi connectivity index (χ1) is 13.9. The molecule has 3 nitrogen and oxygen atoms in total. The summed E-state index contributed by atoms with van der Waals surface area (Å²) < 4.78 is 72.8. The van der Waals surface area contributed by atoms with Crippen LogP contribution >= 0.6 is 0 Å². The fourth-order valence-electron chi connectivity index (χ4n) is 2.67. The number of ether oxygens (including phenoxy) is 2. The van der Waals surface area contributed by atoms with E-state index in [1.807, 2.05) is 32.9 Å². The van der Waals surface area contributed by atoms with E-state index in [1.54, 1.807) is 24.3 Å². The Labute approximate surface area is 172 Å². The molecule has 2 aromatic carbocycles. The second-order valence-corrected chi connectivity index (χ2v) is 7.54. The van der Waals surface area contributed by atoms with Gasteiger partial charge in [-0.3, -0.25) is 0 Å². The maximum Gasteiger partial charge on any atom is 0.456 e. The Kier molecular flexibility index (Phi) is 7.34. The summed E-state index contributed by atoms with van der Waals surface area (Å²) in [6, 6.07) is 13.3. The number of aliphatic hydroxyl groups excluding tert-OH is 1. The van der Waals surface area contributed by atoms with Crippen molar-refractivity contribution in [1.82, 2.24) is 0 Å². The molecule has 0 aliphatic carbocycles. The van der Waals surface area contributed by atoms with Crippen LogP contribution in [0.5, 0.6) is 11.5 Å². The third-order valence-electron chi connectivity index (χ3n) is 4.90. The standard InChI is InChI=1S/C22H25F5O3/c1-4-17(28)13-29-18-9-5-15(6-10-18)20(2,3)16-7-11-19(12-8-16)30-14-21(23,24)22(25,26)27/h5-12,17,28H,4,13-14H2,1-3H3. The topological polar surface area (TPSA) is 38.7 Å². The van der Waals surface area contributed by atoms with Crippen molar-refractivity contribution < 1.29 is 36.5 Å². The first-order valence-corrected chi connectivity index (χ1v) is 9.46. The molecule has 0 heterocycles. The van der Waals surface area contributed by atoms with Crippen molar-refractivity contribution >= 4 is 0 Å². The van der Waals surface area contributed by atoms with Crippen LogP contribution in [-0.2, 0) is 5.41 Å². The molecule has 1 unspecified atom stereocenters. The number of halogens is 5. The Balaban J connectivity index is 2.06. The van der Waals surface area contributed by atoms with Crippen molar-refractivity contribution in [3.63, 3.8) is 0 Å². The molecule has 2 aromatic rings. The highest BCUT2D eigenvalue weighted by molar-refractivity contribution is 5.41. The highest BCUT2D eigenvalue weighted by atomic mass is 19.4. The maximum absolute atomic E-state index is 13.0. The molecule has 30 heavy (non-hydrogen) atoms. The molecule has 0 saturated heterocycles. The van der Waals surface area contributed by atoms with Crippen LogP contribution < -0.4 is 9.47 Å². The minimum absolute atomic E-state index is 0.0725. The molecule has 1 N–H and O–H groups in total. The molecule has 0 amide bonds. The van der Waals surface area contributed by atoms with Crippen LogP contribution in [0, 0.1) is 0 Å². The zero-order chi connectivity index (χ0) is 22.6. The molecular weight excluding hydrogens is 407 g/mol. The van der Waals surface area contributed by atoms with Crippen LogP contribution in [0.1, 0.15) is 38.3 Å². The van der Waals surface area contributed by atoms with Crippen molar-refractivity contribution in [1.29, 1.82) is 0 Å². The minimum atomic E-state index is -5.65. The molecular formula is C22H25F5O3. The fourth-order valence-corrected chi connectivity index (χ4v) is 2.67. The largest absolute Gasteiger partial charge is 0.491 e. The van der Waals surface area contributed by atoms with E-state index in [-0.39, 0.29) is 12.4 Å². The van der Waals surface area contributed by atoms with Crippen molar-refractivity contribution in [2.75, 3.05) is 13.2 Å². The van der Waals surface area contributed by atoms with Gasteiger partial charge in [-0.1, -0.05) is 45.0 Å². The summed E-state index contributed by atoms with van der Waals surface area (Å²) in [6.45, 7) is 4.20. The lowest BCUT2D eigenvalue weighted by molar-refractivity contribution is -0.290. The van der Waals surface area contributed by atoms with E-state index in [4.69, 9.17) is 4.74 Å². The predicted octanol–water partition coefficient (Wildman–Crippen LogP) is 5.74. The summed E-state index contributed by atoms with van der Waals surface area (Å²) in [5.41, 5.74) is 1.31. The van der Waals surface area contributed by atoms with Gasteiger partial charge in [0.15, 0.2) is 6.61 Å². The summed E-state index contributed by atoms with van der Waals surface area (Å²) in [5, 5.41) is 9.56. The van der Waals surface area contributed by atoms with Gasteiger partial charge < -0.3 is 14.6 Å². The summed E-state index contributed by atoms with van der Waals surface area (Å²) in [7, 11) is 0. The van der Waals surface area contributed by atoms with Crippen LogP contribution in [0.3, 0.4) is 0 Å². The normalized spacial score (nSPS) is 13.8. The predicted molar refractivity (Wildman–Crippen MR) is 103 cm³/mol. The molecule has 1 atom stereocenters. The van der Waals surface area contributed by atoms with E-state index < -0.39 is 30.2 Å². The Morgan fingerprint density at radius 1 is 0.800 bits per heavy atom. The third kappa shape index (κ3) is 5.84. The van der Waals surface area contributed by atoms with Crippen molar-refractivity contribution in [3.05, 3.63) is 59.7 Å². The average Bonchev–Trinajstić information content (AvgIpc) is 2.70. The van der Waals surface area contributed by atoms with Crippen molar-refractivity contribution in [3.8, 4) is 11.5 Å². The zero-order valence-electron chi connectivity index (χ0n) is 17.0. The number of hydrogen-bond acceptors (Lipinski definition) is 3. The van der Waals surface area contributed by atoms with Crippen LogP contribution in [0.4, 0.5) is 22.0 Å². The number of aliphatic hydroxyl groups is 1. The molecule has 2 rings (SSSR count). The second kappa shape index (κ2) is 9.20. The van der Waals surface area contributed by atoms with Crippen molar-refractivity contribution in [2.24, 2.45) is 0 Å². The smallest absolute Gasteiger partial charge is 0.456 e. The van der Waals surface area contributed by atoms with Gasteiger partial charge in [-0.2, -0.15) is 22.0 Å². The summed E-state index contributed by atoms with van der Waals surface area (Å²) >= 11 is 0. The second-order valence-electron chi connectivity index (χ2n) is 7.54. The van der Waals surface area contributed by atoms with Gasteiger partial charge in [0.05, 0.1) is 6.10 Å². The molecule has 0 bridgehead atoms. The Hall–Kier alpha value is -2.35. The SMILES string of the molecule is CCC(O)COc1ccc(C(C)(C)c2ccc(OCC(F)(F)C(F)(F)F)cc2)cc1. The molecule has 166 valence electrons. The number of rotatable bonds is 9. The van der Waals surface area contributed by atoms with Crippen LogP contribution in [0.25, 0.3) is 0 Å². The van der Waals surface area contributed by atoms with E-state index in [9.17, 15) is 27.1 Å². The quantitative estimate of drug-likeness (QED) is 0.514. The molecule has 0 fully saturated rings. The highest BCUT2D eigenvalue weighted by Crippen LogP contribution is 2.36. The van der Waals surface area contributed by atoms with Gasteiger partial charge in [0.2, 0.25) is 0 Å². The lowest BCUT2D eigenvalue weighted by atomic mass is 9.78. The summed E-state index contributed by atoms with van der Waals surface area (Å²) in [5.74, 6) is -4.37. The Morgan fingerprint density at radius 2 is 1.23 bits per heavy atom. The van der Waals surface area contributed by atoms with Gasteiger partial charge in [-0.25, -0.2) is 0 Å².